The number of carbonyl (C=O) groups is 1. The van der Waals surface area contributed by atoms with Crippen molar-refractivity contribution in [3.8, 4) is 16.9 Å². The molecule has 0 saturated heterocycles. The molecule has 152 valence electrons. The van der Waals surface area contributed by atoms with Crippen molar-refractivity contribution in [2.24, 2.45) is 5.92 Å². The molecule has 0 spiro atoms. The molecule has 0 amide bonds. The number of hydrogen-bond acceptors (Lipinski definition) is 5. The van der Waals surface area contributed by atoms with Gasteiger partial charge in [-0.3, -0.25) is 4.79 Å². The van der Waals surface area contributed by atoms with Gasteiger partial charge in [0.25, 0.3) is 0 Å². The minimum absolute atomic E-state index is 0.0891. The second-order valence-electron chi connectivity index (χ2n) is 7.20. The molecule has 29 heavy (non-hydrogen) atoms. The van der Waals surface area contributed by atoms with Gasteiger partial charge in [0.05, 0.1) is 11.7 Å². The van der Waals surface area contributed by atoms with Crippen molar-refractivity contribution in [2.75, 3.05) is 6.61 Å². The first-order valence-corrected chi connectivity index (χ1v) is 9.80. The van der Waals surface area contributed by atoms with E-state index in [-0.39, 0.29) is 24.0 Å². The van der Waals surface area contributed by atoms with Crippen LogP contribution in [0, 0.1) is 5.92 Å². The van der Waals surface area contributed by atoms with E-state index in [1.54, 1.807) is 12.1 Å². The van der Waals surface area contributed by atoms with Crippen molar-refractivity contribution >= 4 is 28.7 Å². The van der Waals surface area contributed by atoms with Gasteiger partial charge < -0.3 is 9.84 Å². The van der Waals surface area contributed by atoms with Crippen LogP contribution in [0.15, 0.2) is 36.4 Å². The lowest BCUT2D eigenvalue weighted by Gasteiger charge is -2.13. The van der Waals surface area contributed by atoms with Crippen LogP contribution in [0.3, 0.4) is 0 Å². The molecular weight excluding hydrogens is 405 g/mol. The van der Waals surface area contributed by atoms with Gasteiger partial charge in [0.15, 0.2) is 6.61 Å². The lowest BCUT2D eigenvalue weighted by atomic mass is 9.98. The summed E-state index contributed by atoms with van der Waals surface area (Å²) in [5, 5.41) is 8.86. The minimum Gasteiger partial charge on any atom is -0.484 e. The van der Waals surface area contributed by atoms with Crippen LogP contribution < -0.4 is 4.74 Å². The molecule has 1 N–H and O–H groups in total. The van der Waals surface area contributed by atoms with Crippen LogP contribution in [0.5, 0.6) is 5.75 Å². The zero-order valence-electron chi connectivity index (χ0n) is 15.1. The number of aromatic nitrogens is 2. The van der Waals surface area contributed by atoms with Crippen molar-refractivity contribution in [3.63, 3.8) is 0 Å². The lowest BCUT2D eigenvalue weighted by molar-refractivity contribution is -0.153. The number of aliphatic carboxylic acids is 1. The third-order valence-electron chi connectivity index (χ3n) is 5.00. The molecule has 2 aromatic carbocycles. The predicted octanol–water partition coefficient (Wildman–Crippen LogP) is 5.27. The van der Waals surface area contributed by atoms with Gasteiger partial charge in [0.1, 0.15) is 16.8 Å². The molecule has 3 aromatic rings. The van der Waals surface area contributed by atoms with E-state index in [1.165, 1.54) is 0 Å². The van der Waals surface area contributed by atoms with Gasteiger partial charge in [-0.15, -0.1) is 0 Å². The van der Waals surface area contributed by atoms with Gasteiger partial charge >= 0.3 is 12.1 Å². The molecule has 1 fully saturated rings. The molecular formula is C20H17F3N2O3S. The van der Waals surface area contributed by atoms with Crippen molar-refractivity contribution in [2.45, 2.75) is 31.4 Å². The Morgan fingerprint density at radius 1 is 1.14 bits per heavy atom. The summed E-state index contributed by atoms with van der Waals surface area (Å²) >= 11 is 1.10. The smallest absolute Gasteiger partial charge is 0.422 e. The minimum atomic E-state index is -4.43. The third-order valence-corrected chi connectivity index (χ3v) is 5.55. The van der Waals surface area contributed by atoms with Gasteiger partial charge in [0.2, 0.25) is 0 Å². The van der Waals surface area contributed by atoms with Gasteiger partial charge in [-0.1, -0.05) is 12.1 Å². The summed E-state index contributed by atoms with van der Waals surface area (Å²) in [7, 11) is 0. The van der Waals surface area contributed by atoms with Gasteiger partial charge in [-0.05, 0) is 65.6 Å². The number of hydrogen-bond donors (Lipinski definition) is 1. The topological polar surface area (TPSA) is 72.3 Å². The fourth-order valence-corrected chi connectivity index (χ4v) is 4.01. The SMILES string of the molecule is O=C(O)CCC1CC1c1cc(OCC(F)(F)F)cc(-c2ccc3nsnc3c2)c1. The average Bonchev–Trinajstić information content (AvgIpc) is 3.30. The maximum absolute atomic E-state index is 12.6. The Balaban J connectivity index is 1.63. The second kappa shape index (κ2) is 7.62. The first-order valence-electron chi connectivity index (χ1n) is 9.07. The maximum Gasteiger partial charge on any atom is 0.422 e. The van der Waals surface area contributed by atoms with Crippen molar-refractivity contribution < 1.29 is 27.8 Å². The molecule has 1 heterocycles. The van der Waals surface area contributed by atoms with Crippen LogP contribution in [-0.2, 0) is 4.79 Å². The highest BCUT2D eigenvalue weighted by Crippen LogP contribution is 2.51. The number of halogens is 3. The molecule has 0 bridgehead atoms. The first-order chi connectivity index (χ1) is 13.8. The van der Waals surface area contributed by atoms with E-state index in [1.807, 2.05) is 24.3 Å². The van der Waals surface area contributed by atoms with Crippen molar-refractivity contribution in [3.05, 3.63) is 42.0 Å². The number of rotatable bonds is 7. The van der Waals surface area contributed by atoms with E-state index in [2.05, 4.69) is 8.75 Å². The molecule has 5 nitrogen and oxygen atoms in total. The Morgan fingerprint density at radius 3 is 2.69 bits per heavy atom. The predicted molar refractivity (Wildman–Crippen MR) is 102 cm³/mol. The molecule has 1 aromatic heterocycles. The average molecular weight is 422 g/mol. The molecule has 2 unspecified atom stereocenters. The number of benzene rings is 2. The monoisotopic (exact) mass is 422 g/mol. The van der Waals surface area contributed by atoms with Gasteiger partial charge in [-0.25, -0.2) is 0 Å². The lowest BCUT2D eigenvalue weighted by Crippen LogP contribution is -2.19. The quantitative estimate of drug-likeness (QED) is 0.562. The highest BCUT2D eigenvalue weighted by atomic mass is 32.1. The summed E-state index contributed by atoms with van der Waals surface area (Å²) in [6, 6.07) is 10.7. The Hall–Kier alpha value is -2.68. The number of carboxylic acids is 1. The van der Waals surface area contributed by atoms with Crippen LogP contribution in [0.1, 0.15) is 30.7 Å². The van der Waals surface area contributed by atoms with E-state index in [0.717, 1.165) is 45.9 Å². The molecule has 1 aliphatic rings. The Labute approximate surface area is 168 Å². The number of fused-ring (bicyclic) bond motifs is 1. The fourth-order valence-electron chi connectivity index (χ4n) is 3.50. The number of nitrogens with zero attached hydrogens (tertiary/aromatic N) is 2. The molecule has 0 radical (unpaired) electrons. The van der Waals surface area contributed by atoms with E-state index in [9.17, 15) is 18.0 Å². The van der Waals surface area contributed by atoms with E-state index >= 15 is 0 Å². The Bertz CT molecular complexity index is 1050. The van der Waals surface area contributed by atoms with Crippen molar-refractivity contribution in [1.29, 1.82) is 0 Å². The molecule has 9 heteroatoms. The molecule has 0 aliphatic heterocycles. The summed E-state index contributed by atoms with van der Waals surface area (Å²) in [5.74, 6) is -0.340. The van der Waals surface area contributed by atoms with Crippen LogP contribution in [-0.4, -0.2) is 32.6 Å². The highest BCUT2D eigenvalue weighted by Gasteiger charge is 2.38. The molecule has 1 aliphatic carbocycles. The summed E-state index contributed by atoms with van der Waals surface area (Å²) in [5.41, 5.74) is 3.90. The number of carboxylic acid groups (broad SMARTS) is 1. The van der Waals surface area contributed by atoms with Gasteiger partial charge in [0, 0.05) is 6.42 Å². The summed E-state index contributed by atoms with van der Waals surface area (Å²) in [4.78, 5) is 10.8. The van der Waals surface area contributed by atoms with Gasteiger partial charge in [-0.2, -0.15) is 21.9 Å². The van der Waals surface area contributed by atoms with Crippen LogP contribution >= 0.6 is 11.7 Å². The fraction of sp³-hybridized carbons (Fsp3) is 0.350. The zero-order chi connectivity index (χ0) is 20.6. The first kappa shape index (κ1) is 19.6. The number of alkyl halides is 3. The summed E-state index contributed by atoms with van der Waals surface area (Å²) in [6.45, 7) is -1.36. The molecule has 4 rings (SSSR count). The maximum atomic E-state index is 12.6. The van der Waals surface area contributed by atoms with Crippen LogP contribution in [0.4, 0.5) is 13.2 Å². The summed E-state index contributed by atoms with van der Waals surface area (Å²) < 4.78 is 51.2. The van der Waals surface area contributed by atoms with E-state index in [0.29, 0.717) is 6.42 Å². The van der Waals surface area contributed by atoms with Crippen LogP contribution in [0.2, 0.25) is 0 Å². The second-order valence-corrected chi connectivity index (χ2v) is 7.73. The normalized spacial score (nSPS) is 18.7. The Morgan fingerprint density at radius 2 is 1.93 bits per heavy atom. The zero-order valence-corrected chi connectivity index (χ0v) is 16.0. The van der Waals surface area contributed by atoms with E-state index in [4.69, 9.17) is 9.84 Å². The summed E-state index contributed by atoms with van der Waals surface area (Å²) in [6.07, 6.45) is -2.96. The molecule has 1 saturated carbocycles. The Kier molecular flexibility index (Phi) is 5.16. The standard InChI is InChI=1S/C20H17F3N2O3S/c21-20(22,23)10-28-15-6-13(11-1-3-17-18(9-11)25-29-24-17)5-14(7-15)16-8-12(16)2-4-19(26)27/h1,3,5-7,9,12,16H,2,4,8,10H2,(H,26,27). The molecule has 2 atom stereocenters. The van der Waals surface area contributed by atoms with E-state index < -0.39 is 18.8 Å². The number of ether oxygens (including phenoxy) is 1. The van der Waals surface area contributed by atoms with Crippen molar-refractivity contribution in [1.82, 2.24) is 8.75 Å². The third kappa shape index (κ3) is 4.84. The highest BCUT2D eigenvalue weighted by molar-refractivity contribution is 7.00. The van der Waals surface area contributed by atoms with Crippen LogP contribution in [0.25, 0.3) is 22.2 Å². The largest absolute Gasteiger partial charge is 0.484 e.